The van der Waals surface area contributed by atoms with E-state index in [2.05, 4.69) is 70.6 Å². The van der Waals surface area contributed by atoms with Crippen molar-refractivity contribution >= 4 is 45.4 Å². The Morgan fingerprint density at radius 2 is 1.51 bits per heavy atom. The molecule has 5 aromatic rings. The molecule has 6 heteroatoms. The van der Waals surface area contributed by atoms with Gasteiger partial charge in [0, 0.05) is 38.8 Å². The third-order valence-corrected chi connectivity index (χ3v) is 8.39. The van der Waals surface area contributed by atoms with Crippen LogP contribution in [0.4, 0.5) is 0 Å². The molecule has 0 aliphatic rings. The fourth-order valence-electron chi connectivity index (χ4n) is 5.27. The molecule has 1 aromatic heterocycles. The van der Waals surface area contributed by atoms with E-state index in [1.54, 1.807) is 0 Å². The first kappa shape index (κ1) is 30.5. The molecule has 220 valence electrons. The van der Waals surface area contributed by atoms with Crippen LogP contribution in [0.15, 0.2) is 84.9 Å². The summed E-state index contributed by atoms with van der Waals surface area (Å²) in [5, 5.41) is 4.13. The topological polar surface area (TPSA) is 60.3 Å². The second-order valence-electron chi connectivity index (χ2n) is 12.1. The average Bonchev–Trinajstić information content (AvgIpc) is 3.20. The maximum atomic E-state index is 13.0. The fourth-order valence-corrected chi connectivity index (χ4v) is 5.63. The number of carbonyl (C=O) groups is 2. The smallest absolute Gasteiger partial charge is 0.339 e. The number of rotatable bonds is 7. The third kappa shape index (κ3) is 7.02. The summed E-state index contributed by atoms with van der Waals surface area (Å²) in [7, 11) is 0. The van der Waals surface area contributed by atoms with E-state index in [4.69, 9.17) is 4.74 Å². The summed E-state index contributed by atoms with van der Waals surface area (Å²) in [5.74, 6) is -0.397. The van der Waals surface area contributed by atoms with Gasteiger partial charge < -0.3 is 14.6 Å². The van der Waals surface area contributed by atoms with Gasteiger partial charge >= 0.3 is 5.97 Å². The Morgan fingerprint density at radius 3 is 2.19 bits per heavy atom. The van der Waals surface area contributed by atoms with E-state index in [-0.39, 0.29) is 11.9 Å². The summed E-state index contributed by atoms with van der Waals surface area (Å²) in [6, 6.07) is 28.4. The minimum Gasteiger partial charge on any atom is -0.456 e. The van der Waals surface area contributed by atoms with Gasteiger partial charge in [-0.3, -0.25) is 4.79 Å². The summed E-state index contributed by atoms with van der Waals surface area (Å²) in [6.45, 7) is 13.0. The number of aryl methyl sites for hydroxylation is 2. The van der Waals surface area contributed by atoms with E-state index in [1.165, 1.54) is 14.8 Å². The van der Waals surface area contributed by atoms with Gasteiger partial charge in [-0.2, -0.15) is 0 Å². The second kappa shape index (κ2) is 12.4. The highest BCUT2D eigenvalue weighted by atomic mass is 127. The zero-order valence-electron chi connectivity index (χ0n) is 25.5. The van der Waals surface area contributed by atoms with Crippen molar-refractivity contribution in [3.05, 3.63) is 128 Å². The van der Waals surface area contributed by atoms with E-state index >= 15 is 0 Å². The standard InChI is InChI=1S/C37H37IN2O3/c1-23-7-17-31(33(19-23)36(42)43-37(4,5)6)28-12-8-27(9-13-28)22-40-25(3)24(2)32-20-29(14-18-34(32)40)35(41)39-21-26-10-15-30(38)16-11-26/h7-20H,21-22H2,1-6H3,(H,39,41). The molecule has 1 heterocycles. The molecule has 5 rings (SSSR count). The van der Waals surface area contributed by atoms with Crippen LogP contribution in [0.5, 0.6) is 0 Å². The molecule has 5 nitrogen and oxygen atoms in total. The molecule has 0 saturated carbocycles. The summed E-state index contributed by atoms with van der Waals surface area (Å²) < 4.78 is 9.16. The molecule has 0 spiro atoms. The summed E-state index contributed by atoms with van der Waals surface area (Å²) >= 11 is 2.28. The van der Waals surface area contributed by atoms with Crippen LogP contribution in [-0.2, 0) is 17.8 Å². The molecule has 0 aliphatic carbocycles. The predicted octanol–water partition coefficient (Wildman–Crippen LogP) is 8.77. The number of benzene rings is 4. The zero-order chi connectivity index (χ0) is 30.9. The maximum absolute atomic E-state index is 13.0. The second-order valence-corrected chi connectivity index (χ2v) is 13.3. The van der Waals surface area contributed by atoms with Gasteiger partial charge in [0.05, 0.1) is 5.56 Å². The van der Waals surface area contributed by atoms with Gasteiger partial charge in [0.15, 0.2) is 0 Å². The van der Waals surface area contributed by atoms with Crippen LogP contribution in [-0.4, -0.2) is 22.0 Å². The van der Waals surface area contributed by atoms with E-state index in [0.29, 0.717) is 24.2 Å². The zero-order valence-corrected chi connectivity index (χ0v) is 27.7. The number of nitrogens with one attached hydrogen (secondary N) is 1. The van der Waals surface area contributed by atoms with Crippen molar-refractivity contribution in [2.24, 2.45) is 0 Å². The van der Waals surface area contributed by atoms with Gasteiger partial charge in [-0.05, 0) is 128 Å². The first-order valence-electron chi connectivity index (χ1n) is 14.4. The number of aromatic nitrogens is 1. The highest BCUT2D eigenvalue weighted by molar-refractivity contribution is 14.1. The lowest BCUT2D eigenvalue weighted by molar-refractivity contribution is 0.00702. The van der Waals surface area contributed by atoms with Crippen LogP contribution < -0.4 is 5.32 Å². The lowest BCUT2D eigenvalue weighted by Gasteiger charge is -2.21. The van der Waals surface area contributed by atoms with Crippen LogP contribution in [0, 0.1) is 24.3 Å². The Balaban J connectivity index is 1.36. The first-order chi connectivity index (χ1) is 20.4. The highest BCUT2D eigenvalue weighted by Crippen LogP contribution is 2.30. The van der Waals surface area contributed by atoms with Crippen LogP contribution in [0.25, 0.3) is 22.0 Å². The minimum absolute atomic E-state index is 0.0808. The number of esters is 1. The van der Waals surface area contributed by atoms with Crippen molar-refractivity contribution in [2.45, 2.75) is 60.2 Å². The van der Waals surface area contributed by atoms with Crippen molar-refractivity contribution in [3.8, 4) is 11.1 Å². The lowest BCUT2D eigenvalue weighted by Crippen LogP contribution is -2.24. The van der Waals surface area contributed by atoms with Crippen molar-refractivity contribution in [1.29, 1.82) is 0 Å². The maximum Gasteiger partial charge on any atom is 0.339 e. The Bertz CT molecular complexity index is 1810. The lowest BCUT2D eigenvalue weighted by atomic mass is 9.96. The van der Waals surface area contributed by atoms with Gasteiger partial charge in [-0.25, -0.2) is 4.79 Å². The summed E-state index contributed by atoms with van der Waals surface area (Å²) in [4.78, 5) is 26.0. The molecule has 1 amide bonds. The van der Waals surface area contributed by atoms with Gasteiger partial charge in [0.1, 0.15) is 5.60 Å². The van der Waals surface area contributed by atoms with Crippen LogP contribution in [0.2, 0.25) is 0 Å². The number of amides is 1. The van der Waals surface area contributed by atoms with Crippen LogP contribution in [0.3, 0.4) is 0 Å². The van der Waals surface area contributed by atoms with E-state index in [0.717, 1.165) is 38.7 Å². The number of hydrogen-bond acceptors (Lipinski definition) is 3. The van der Waals surface area contributed by atoms with Gasteiger partial charge in [0.25, 0.3) is 5.91 Å². The van der Waals surface area contributed by atoms with Crippen molar-refractivity contribution in [2.75, 3.05) is 0 Å². The summed E-state index contributed by atoms with van der Waals surface area (Å²) in [5.41, 5.74) is 9.15. The van der Waals surface area contributed by atoms with E-state index < -0.39 is 5.60 Å². The van der Waals surface area contributed by atoms with Gasteiger partial charge in [0.2, 0.25) is 0 Å². The van der Waals surface area contributed by atoms with Crippen molar-refractivity contribution < 1.29 is 14.3 Å². The Kier molecular flexibility index (Phi) is 8.79. The van der Waals surface area contributed by atoms with Crippen LogP contribution >= 0.6 is 22.6 Å². The summed E-state index contributed by atoms with van der Waals surface area (Å²) in [6.07, 6.45) is 0. The molecular formula is C37H37IN2O3. The Labute approximate surface area is 267 Å². The number of halogens is 1. The molecule has 43 heavy (non-hydrogen) atoms. The molecule has 0 saturated heterocycles. The number of hydrogen-bond donors (Lipinski definition) is 1. The Morgan fingerprint density at radius 1 is 0.837 bits per heavy atom. The first-order valence-corrected chi connectivity index (χ1v) is 15.5. The molecule has 0 atom stereocenters. The fraction of sp³-hybridized carbons (Fsp3) is 0.243. The molecule has 0 aliphatic heterocycles. The quantitative estimate of drug-likeness (QED) is 0.138. The Hall–Kier alpha value is -3.91. The molecule has 4 aromatic carbocycles. The van der Waals surface area contributed by atoms with Crippen LogP contribution in [0.1, 0.15) is 69.4 Å². The van der Waals surface area contributed by atoms with Crippen molar-refractivity contribution in [3.63, 3.8) is 0 Å². The van der Waals surface area contributed by atoms with Crippen molar-refractivity contribution in [1.82, 2.24) is 9.88 Å². The number of carbonyl (C=O) groups excluding carboxylic acids is 2. The minimum atomic E-state index is -0.566. The average molecular weight is 685 g/mol. The largest absolute Gasteiger partial charge is 0.456 e. The number of nitrogens with zero attached hydrogens (tertiary/aromatic N) is 1. The predicted molar refractivity (Wildman–Crippen MR) is 183 cm³/mol. The molecule has 0 fully saturated rings. The molecule has 0 bridgehead atoms. The molecule has 0 radical (unpaired) electrons. The molecule has 0 unspecified atom stereocenters. The SMILES string of the molecule is Cc1ccc(-c2ccc(Cn3c(C)c(C)c4cc(C(=O)NCc5ccc(I)cc5)ccc43)cc2)c(C(=O)OC(C)(C)C)c1. The van der Waals surface area contributed by atoms with E-state index in [1.807, 2.05) is 88.4 Å². The van der Waals surface area contributed by atoms with Gasteiger partial charge in [-0.1, -0.05) is 54.1 Å². The van der Waals surface area contributed by atoms with E-state index in [9.17, 15) is 9.59 Å². The normalized spacial score (nSPS) is 11.5. The van der Waals surface area contributed by atoms with Gasteiger partial charge in [-0.15, -0.1) is 0 Å². The number of fused-ring (bicyclic) bond motifs is 1. The third-order valence-electron chi connectivity index (χ3n) is 7.67. The highest BCUT2D eigenvalue weighted by Gasteiger charge is 2.21. The monoisotopic (exact) mass is 684 g/mol. The number of ether oxygens (including phenoxy) is 1. The molecule has 1 N–H and O–H groups in total. The molecular weight excluding hydrogens is 647 g/mol.